The summed E-state index contributed by atoms with van der Waals surface area (Å²) in [4.78, 5) is 12.1. The van der Waals surface area contributed by atoms with Crippen molar-refractivity contribution in [1.29, 1.82) is 0 Å². The molecule has 0 fully saturated rings. The van der Waals surface area contributed by atoms with E-state index in [4.69, 9.17) is 18.0 Å². The van der Waals surface area contributed by atoms with E-state index in [1.54, 1.807) is 35.1 Å². The molecule has 0 unspecified atom stereocenters. The number of nitrogens with one attached hydrogen (secondary N) is 1. The fourth-order valence-electron chi connectivity index (χ4n) is 1.62. The molecule has 0 saturated heterocycles. The molecule has 0 atom stereocenters. The number of aryl methyl sites for hydroxylation is 1. The SMILES string of the molecule is NC(=S)c1ccc(NC(=O)CCn2cc(Br)cn2)cc1. The van der Waals surface area contributed by atoms with Gasteiger partial charge < -0.3 is 11.1 Å². The Kier molecular flexibility index (Phi) is 4.86. The van der Waals surface area contributed by atoms with Crippen LogP contribution in [-0.2, 0) is 11.3 Å². The van der Waals surface area contributed by atoms with Crippen molar-refractivity contribution in [1.82, 2.24) is 9.78 Å². The van der Waals surface area contributed by atoms with E-state index in [0.717, 1.165) is 15.7 Å². The molecule has 0 spiro atoms. The Hall–Kier alpha value is -1.73. The Morgan fingerprint density at radius 3 is 2.65 bits per heavy atom. The summed E-state index contributed by atoms with van der Waals surface area (Å²) in [6, 6.07) is 7.11. The van der Waals surface area contributed by atoms with Crippen molar-refractivity contribution in [3.63, 3.8) is 0 Å². The van der Waals surface area contributed by atoms with Gasteiger partial charge in [0.25, 0.3) is 0 Å². The summed E-state index contributed by atoms with van der Waals surface area (Å²) >= 11 is 8.17. The lowest BCUT2D eigenvalue weighted by molar-refractivity contribution is -0.116. The highest BCUT2D eigenvalue weighted by Crippen LogP contribution is 2.10. The number of thiocarbonyl (C=S) groups is 1. The van der Waals surface area contributed by atoms with E-state index in [9.17, 15) is 4.79 Å². The van der Waals surface area contributed by atoms with Gasteiger partial charge in [0, 0.05) is 30.4 Å². The number of halogens is 1. The molecule has 2 aromatic rings. The standard InChI is InChI=1S/C13H13BrN4OS/c14-10-7-16-18(8-10)6-5-12(19)17-11-3-1-9(2-4-11)13(15)20/h1-4,7-8H,5-6H2,(H2,15,20)(H,17,19). The molecule has 0 radical (unpaired) electrons. The van der Waals surface area contributed by atoms with Crippen LogP contribution in [0.2, 0.25) is 0 Å². The molecule has 3 N–H and O–H groups in total. The van der Waals surface area contributed by atoms with Crippen LogP contribution in [0.25, 0.3) is 0 Å². The van der Waals surface area contributed by atoms with Gasteiger partial charge in [-0.3, -0.25) is 9.48 Å². The molecule has 0 aliphatic heterocycles. The van der Waals surface area contributed by atoms with Crippen LogP contribution in [0.1, 0.15) is 12.0 Å². The fraction of sp³-hybridized carbons (Fsp3) is 0.154. The van der Waals surface area contributed by atoms with Crippen LogP contribution < -0.4 is 11.1 Å². The number of nitrogens with zero attached hydrogens (tertiary/aromatic N) is 2. The molecule has 7 heteroatoms. The molecule has 20 heavy (non-hydrogen) atoms. The highest BCUT2D eigenvalue weighted by Gasteiger charge is 2.04. The summed E-state index contributed by atoms with van der Waals surface area (Å²) in [5.74, 6) is -0.0697. The van der Waals surface area contributed by atoms with E-state index >= 15 is 0 Å². The second-order valence-electron chi connectivity index (χ2n) is 4.16. The first-order valence-corrected chi connectivity index (χ1v) is 7.12. The summed E-state index contributed by atoms with van der Waals surface area (Å²) in [7, 11) is 0. The number of carbonyl (C=O) groups is 1. The first kappa shape index (κ1) is 14.7. The third-order valence-corrected chi connectivity index (χ3v) is 3.27. The second-order valence-corrected chi connectivity index (χ2v) is 5.52. The van der Waals surface area contributed by atoms with Crippen LogP contribution in [0.4, 0.5) is 5.69 Å². The third-order valence-electron chi connectivity index (χ3n) is 2.62. The molecule has 1 aromatic carbocycles. The zero-order valence-electron chi connectivity index (χ0n) is 10.5. The molecule has 0 aliphatic carbocycles. The van der Waals surface area contributed by atoms with Crippen molar-refractivity contribution in [3.8, 4) is 0 Å². The molecule has 5 nitrogen and oxygen atoms in total. The number of aromatic nitrogens is 2. The van der Waals surface area contributed by atoms with Crippen LogP contribution in [0, 0.1) is 0 Å². The zero-order valence-corrected chi connectivity index (χ0v) is 12.9. The highest BCUT2D eigenvalue weighted by atomic mass is 79.9. The summed E-state index contributed by atoms with van der Waals surface area (Å²) in [5, 5.41) is 6.90. The van der Waals surface area contributed by atoms with E-state index in [0.29, 0.717) is 18.0 Å². The number of amides is 1. The van der Waals surface area contributed by atoms with Crippen LogP contribution in [0.3, 0.4) is 0 Å². The molecule has 104 valence electrons. The predicted octanol–water partition coefficient (Wildman–Crippen LogP) is 2.31. The van der Waals surface area contributed by atoms with Gasteiger partial charge in [0.05, 0.1) is 10.7 Å². The number of anilines is 1. The van der Waals surface area contributed by atoms with Crippen molar-refractivity contribution < 1.29 is 4.79 Å². The molecular formula is C13H13BrN4OS. The maximum Gasteiger partial charge on any atom is 0.226 e. The predicted molar refractivity (Wildman–Crippen MR) is 85.5 cm³/mol. The highest BCUT2D eigenvalue weighted by molar-refractivity contribution is 9.10. The molecule has 0 bridgehead atoms. The maximum atomic E-state index is 11.8. The lowest BCUT2D eigenvalue weighted by Gasteiger charge is -2.06. The van der Waals surface area contributed by atoms with E-state index < -0.39 is 0 Å². The Morgan fingerprint density at radius 1 is 1.40 bits per heavy atom. The molecule has 0 saturated carbocycles. The van der Waals surface area contributed by atoms with Gasteiger partial charge in [0.2, 0.25) is 5.91 Å². The second kappa shape index (κ2) is 6.62. The summed E-state index contributed by atoms with van der Waals surface area (Å²) in [5.41, 5.74) is 7.01. The lowest BCUT2D eigenvalue weighted by Crippen LogP contribution is -2.15. The van der Waals surface area contributed by atoms with E-state index in [1.165, 1.54) is 0 Å². The average Bonchev–Trinajstić information content (AvgIpc) is 2.83. The number of benzene rings is 1. The van der Waals surface area contributed by atoms with Gasteiger partial charge in [0.1, 0.15) is 4.99 Å². The minimum Gasteiger partial charge on any atom is -0.389 e. The van der Waals surface area contributed by atoms with E-state index in [2.05, 4.69) is 26.3 Å². The van der Waals surface area contributed by atoms with Crippen molar-refractivity contribution in [2.75, 3.05) is 5.32 Å². The van der Waals surface area contributed by atoms with Gasteiger partial charge in [-0.15, -0.1) is 0 Å². The number of hydrogen-bond donors (Lipinski definition) is 2. The lowest BCUT2D eigenvalue weighted by atomic mass is 10.2. The van der Waals surface area contributed by atoms with Gasteiger partial charge in [0.15, 0.2) is 0 Å². The Morgan fingerprint density at radius 2 is 2.10 bits per heavy atom. The average molecular weight is 353 g/mol. The number of hydrogen-bond acceptors (Lipinski definition) is 3. The molecule has 1 heterocycles. The van der Waals surface area contributed by atoms with Crippen molar-refractivity contribution in [2.24, 2.45) is 5.73 Å². The monoisotopic (exact) mass is 352 g/mol. The van der Waals surface area contributed by atoms with Crippen LogP contribution in [0.15, 0.2) is 41.1 Å². The molecule has 1 aromatic heterocycles. The van der Waals surface area contributed by atoms with Crippen molar-refractivity contribution in [2.45, 2.75) is 13.0 Å². The van der Waals surface area contributed by atoms with Gasteiger partial charge in [-0.1, -0.05) is 12.2 Å². The first-order chi connectivity index (χ1) is 9.54. The van der Waals surface area contributed by atoms with Gasteiger partial charge >= 0.3 is 0 Å². The minimum atomic E-state index is -0.0697. The zero-order chi connectivity index (χ0) is 14.5. The maximum absolute atomic E-state index is 11.8. The third kappa shape index (κ3) is 4.14. The minimum absolute atomic E-state index is 0.0697. The van der Waals surface area contributed by atoms with Crippen LogP contribution in [0.5, 0.6) is 0 Å². The Labute approximate surface area is 130 Å². The fourth-order valence-corrected chi connectivity index (χ4v) is 2.08. The quantitative estimate of drug-likeness (QED) is 0.809. The molecule has 2 rings (SSSR count). The topological polar surface area (TPSA) is 72.9 Å². The smallest absolute Gasteiger partial charge is 0.226 e. The van der Waals surface area contributed by atoms with Crippen molar-refractivity contribution >= 4 is 44.7 Å². The number of carbonyl (C=O) groups excluding carboxylic acids is 1. The number of nitrogens with two attached hydrogens (primary N) is 1. The van der Waals surface area contributed by atoms with E-state index in [1.807, 2.05) is 6.20 Å². The Balaban J connectivity index is 1.86. The van der Waals surface area contributed by atoms with Crippen LogP contribution >= 0.6 is 28.1 Å². The largest absolute Gasteiger partial charge is 0.389 e. The summed E-state index contributed by atoms with van der Waals surface area (Å²) < 4.78 is 2.60. The molecular weight excluding hydrogens is 340 g/mol. The molecule has 0 aliphatic rings. The Bertz CT molecular complexity index is 624. The van der Waals surface area contributed by atoms with Gasteiger partial charge in [-0.25, -0.2) is 0 Å². The number of rotatable bonds is 5. The first-order valence-electron chi connectivity index (χ1n) is 5.92. The van der Waals surface area contributed by atoms with Gasteiger partial charge in [-0.05, 0) is 40.2 Å². The van der Waals surface area contributed by atoms with Gasteiger partial charge in [-0.2, -0.15) is 5.10 Å². The summed E-state index contributed by atoms with van der Waals surface area (Å²) in [6.45, 7) is 0.530. The molecule has 1 amide bonds. The van der Waals surface area contributed by atoms with Crippen molar-refractivity contribution in [3.05, 3.63) is 46.7 Å². The van der Waals surface area contributed by atoms with E-state index in [-0.39, 0.29) is 5.91 Å². The van der Waals surface area contributed by atoms with Crippen LogP contribution in [-0.4, -0.2) is 20.7 Å². The normalized spacial score (nSPS) is 10.2. The summed E-state index contributed by atoms with van der Waals surface area (Å²) in [6.07, 6.45) is 3.86.